The number of piperidine rings is 1. The average Bonchev–Trinajstić information content (AvgIpc) is 3.15. The highest BCUT2D eigenvalue weighted by Gasteiger charge is 2.31. The van der Waals surface area contributed by atoms with Crippen LogP contribution in [-0.4, -0.2) is 71.9 Å². The number of hydrogen-bond acceptors (Lipinski definition) is 8. The van der Waals surface area contributed by atoms with Gasteiger partial charge in [-0.2, -0.15) is 0 Å². The van der Waals surface area contributed by atoms with E-state index in [1.54, 1.807) is 24.0 Å². The molecule has 1 aromatic rings. The van der Waals surface area contributed by atoms with Crippen LogP contribution in [0.4, 0.5) is 0 Å². The van der Waals surface area contributed by atoms with Gasteiger partial charge in [0.05, 0.1) is 23.1 Å². The van der Waals surface area contributed by atoms with Crippen LogP contribution in [0.2, 0.25) is 0 Å². The number of likely N-dealkylation sites (tertiary alicyclic amines) is 1. The SMILES string of the molecule is CCOC(=O)CCCCCN1C(=O)/C(=C\c2cc(Br)c(OCC(=O)N3CCCCC3)c(OC)c2)SC1=S. The molecule has 0 spiro atoms. The Labute approximate surface area is 236 Å². The van der Waals surface area contributed by atoms with Crippen molar-refractivity contribution in [2.45, 2.75) is 51.9 Å². The summed E-state index contributed by atoms with van der Waals surface area (Å²) in [5.41, 5.74) is 0.744. The molecule has 2 amide bonds. The van der Waals surface area contributed by atoms with E-state index >= 15 is 0 Å². The van der Waals surface area contributed by atoms with Crippen molar-refractivity contribution in [1.29, 1.82) is 0 Å². The van der Waals surface area contributed by atoms with Crippen molar-refractivity contribution < 1.29 is 28.6 Å². The van der Waals surface area contributed by atoms with Crippen molar-refractivity contribution in [3.8, 4) is 11.5 Å². The van der Waals surface area contributed by atoms with Crippen LogP contribution in [-0.2, 0) is 19.1 Å². The summed E-state index contributed by atoms with van der Waals surface area (Å²) in [4.78, 5) is 40.9. The Balaban J connectivity index is 1.59. The molecule has 3 rings (SSSR count). The van der Waals surface area contributed by atoms with E-state index in [9.17, 15) is 14.4 Å². The number of unbranched alkanes of at least 4 members (excludes halogenated alkanes) is 2. The van der Waals surface area contributed by atoms with Crippen LogP contribution in [0.5, 0.6) is 11.5 Å². The molecule has 1 aromatic carbocycles. The van der Waals surface area contributed by atoms with Gasteiger partial charge in [-0.05, 0) is 78.7 Å². The first kappa shape index (κ1) is 29.4. The van der Waals surface area contributed by atoms with E-state index in [-0.39, 0.29) is 24.4 Å². The molecular weight excluding hydrogens is 580 g/mol. The van der Waals surface area contributed by atoms with Gasteiger partial charge in [-0.15, -0.1) is 0 Å². The molecule has 0 aromatic heterocycles. The van der Waals surface area contributed by atoms with E-state index in [0.717, 1.165) is 57.2 Å². The minimum atomic E-state index is -0.192. The monoisotopic (exact) mass is 612 g/mol. The third kappa shape index (κ3) is 8.44. The summed E-state index contributed by atoms with van der Waals surface area (Å²) >= 11 is 10.2. The number of thiocarbonyl (C=S) groups is 1. The Morgan fingerprint density at radius 1 is 1.16 bits per heavy atom. The van der Waals surface area contributed by atoms with Crippen LogP contribution < -0.4 is 9.47 Å². The maximum atomic E-state index is 13.0. The summed E-state index contributed by atoms with van der Waals surface area (Å²) in [6.45, 7) is 4.16. The van der Waals surface area contributed by atoms with Gasteiger partial charge in [0.2, 0.25) is 0 Å². The van der Waals surface area contributed by atoms with E-state index in [1.165, 1.54) is 18.9 Å². The molecule has 0 bridgehead atoms. The van der Waals surface area contributed by atoms with Crippen LogP contribution in [0, 0.1) is 0 Å². The Kier molecular flexibility index (Phi) is 11.7. The molecule has 2 aliphatic heterocycles. The lowest BCUT2D eigenvalue weighted by Crippen LogP contribution is -2.38. The number of carbonyl (C=O) groups excluding carboxylic acids is 3. The van der Waals surface area contributed by atoms with E-state index in [4.69, 9.17) is 26.4 Å². The van der Waals surface area contributed by atoms with Gasteiger partial charge >= 0.3 is 5.97 Å². The predicted molar refractivity (Wildman–Crippen MR) is 152 cm³/mol. The van der Waals surface area contributed by atoms with Gasteiger partial charge in [-0.3, -0.25) is 19.3 Å². The molecule has 11 heteroatoms. The second-order valence-corrected chi connectivity index (χ2v) is 11.2. The first-order valence-electron chi connectivity index (χ1n) is 12.5. The molecule has 0 saturated carbocycles. The third-order valence-corrected chi connectivity index (χ3v) is 8.01. The number of ether oxygens (including phenoxy) is 3. The molecule has 8 nitrogen and oxygen atoms in total. The standard InChI is InChI=1S/C26H33BrN2O6S2/c1-3-34-23(31)10-6-4-9-13-29-25(32)21(37-26(29)36)16-18-14-19(27)24(20(15-18)33-2)35-17-22(30)28-11-7-5-8-12-28/h14-16H,3-13,17H2,1-2H3/b21-16+. The van der Waals surface area contributed by atoms with E-state index in [0.29, 0.717) is 44.8 Å². The molecule has 0 N–H and O–H groups in total. The fourth-order valence-electron chi connectivity index (χ4n) is 4.13. The van der Waals surface area contributed by atoms with E-state index in [1.807, 2.05) is 11.0 Å². The molecule has 37 heavy (non-hydrogen) atoms. The summed E-state index contributed by atoms with van der Waals surface area (Å²) in [5, 5.41) is 0. The highest BCUT2D eigenvalue weighted by atomic mass is 79.9. The predicted octanol–water partition coefficient (Wildman–Crippen LogP) is 5.17. The first-order chi connectivity index (χ1) is 17.8. The molecule has 0 atom stereocenters. The number of hydrogen-bond donors (Lipinski definition) is 0. The summed E-state index contributed by atoms with van der Waals surface area (Å²) in [5.74, 6) is 0.539. The van der Waals surface area contributed by atoms with Gasteiger partial charge in [0.15, 0.2) is 18.1 Å². The fourth-order valence-corrected chi connectivity index (χ4v) is 6.01. The number of carbonyl (C=O) groups is 3. The lowest BCUT2D eigenvalue weighted by Gasteiger charge is -2.26. The van der Waals surface area contributed by atoms with Crippen molar-refractivity contribution in [3.05, 3.63) is 27.1 Å². The maximum Gasteiger partial charge on any atom is 0.305 e. The summed E-state index contributed by atoms with van der Waals surface area (Å²) < 4.78 is 17.4. The average molecular weight is 614 g/mol. The van der Waals surface area contributed by atoms with Crippen molar-refractivity contribution in [2.24, 2.45) is 0 Å². The normalized spacial score (nSPS) is 16.9. The van der Waals surface area contributed by atoms with Crippen LogP contribution in [0.25, 0.3) is 6.08 Å². The molecule has 0 aliphatic carbocycles. The Morgan fingerprint density at radius 2 is 1.92 bits per heavy atom. The van der Waals surface area contributed by atoms with Crippen molar-refractivity contribution >= 4 is 68.1 Å². The van der Waals surface area contributed by atoms with Gasteiger partial charge < -0.3 is 19.1 Å². The lowest BCUT2D eigenvalue weighted by atomic mass is 10.1. The minimum absolute atomic E-state index is 0.0395. The molecule has 202 valence electrons. The van der Waals surface area contributed by atoms with E-state index in [2.05, 4.69) is 15.9 Å². The van der Waals surface area contributed by atoms with Crippen molar-refractivity contribution in [1.82, 2.24) is 9.80 Å². The number of amides is 2. The molecule has 2 fully saturated rings. The number of benzene rings is 1. The molecule has 2 saturated heterocycles. The molecule has 2 heterocycles. The maximum absolute atomic E-state index is 13.0. The number of rotatable bonds is 12. The van der Waals surface area contributed by atoms with Gasteiger partial charge in [0.25, 0.3) is 11.8 Å². The molecule has 0 radical (unpaired) electrons. The summed E-state index contributed by atoms with van der Waals surface area (Å²) in [7, 11) is 1.53. The van der Waals surface area contributed by atoms with Gasteiger partial charge in [0.1, 0.15) is 4.32 Å². The lowest BCUT2D eigenvalue weighted by molar-refractivity contribution is -0.143. The number of methoxy groups -OCH3 is 1. The van der Waals surface area contributed by atoms with Gasteiger partial charge in [-0.25, -0.2) is 0 Å². The fraction of sp³-hybridized carbons (Fsp3) is 0.538. The quantitative estimate of drug-likeness (QED) is 0.138. The Bertz CT molecular complexity index is 1040. The topological polar surface area (TPSA) is 85.4 Å². The Hall–Kier alpha value is -2.11. The molecule has 0 unspecified atom stereocenters. The zero-order valence-corrected chi connectivity index (χ0v) is 24.5. The molecule has 2 aliphatic rings. The largest absolute Gasteiger partial charge is 0.493 e. The van der Waals surface area contributed by atoms with Gasteiger partial charge in [-0.1, -0.05) is 30.4 Å². The number of esters is 1. The number of thioether (sulfide) groups is 1. The van der Waals surface area contributed by atoms with Crippen molar-refractivity contribution in [3.63, 3.8) is 0 Å². The first-order valence-corrected chi connectivity index (χ1v) is 14.5. The summed E-state index contributed by atoms with van der Waals surface area (Å²) in [6.07, 6.45) is 7.63. The summed E-state index contributed by atoms with van der Waals surface area (Å²) in [6, 6.07) is 3.60. The zero-order chi connectivity index (χ0) is 26.8. The van der Waals surface area contributed by atoms with Crippen LogP contribution >= 0.6 is 39.9 Å². The third-order valence-electron chi connectivity index (χ3n) is 6.04. The van der Waals surface area contributed by atoms with Crippen molar-refractivity contribution in [2.75, 3.05) is 40.0 Å². The zero-order valence-electron chi connectivity index (χ0n) is 21.3. The highest BCUT2D eigenvalue weighted by Crippen LogP contribution is 2.39. The second kappa shape index (κ2) is 14.7. The second-order valence-electron chi connectivity index (χ2n) is 8.71. The van der Waals surface area contributed by atoms with Crippen LogP contribution in [0.1, 0.15) is 57.4 Å². The van der Waals surface area contributed by atoms with Gasteiger partial charge in [0, 0.05) is 26.1 Å². The van der Waals surface area contributed by atoms with Crippen LogP contribution in [0.3, 0.4) is 0 Å². The minimum Gasteiger partial charge on any atom is -0.493 e. The molecular formula is C26H33BrN2O6S2. The number of halogens is 1. The number of nitrogens with zero attached hydrogens (tertiary/aromatic N) is 2. The smallest absolute Gasteiger partial charge is 0.305 e. The van der Waals surface area contributed by atoms with E-state index < -0.39 is 0 Å². The highest BCUT2D eigenvalue weighted by molar-refractivity contribution is 9.10. The van der Waals surface area contributed by atoms with Crippen LogP contribution in [0.15, 0.2) is 21.5 Å². The Morgan fingerprint density at radius 3 is 2.62 bits per heavy atom.